The third kappa shape index (κ3) is 4.61. The molecule has 128 valence electrons. The second-order valence-corrected chi connectivity index (χ2v) is 5.81. The van der Waals surface area contributed by atoms with E-state index in [9.17, 15) is 0 Å². The number of aliphatic hydroxyl groups excluding tert-OH is 1. The number of aromatic nitrogens is 3. The van der Waals surface area contributed by atoms with E-state index in [1.54, 1.807) is 12.4 Å². The first-order valence-corrected chi connectivity index (χ1v) is 8.49. The van der Waals surface area contributed by atoms with Crippen molar-refractivity contribution in [3.8, 4) is 11.4 Å². The van der Waals surface area contributed by atoms with Gasteiger partial charge in [-0.2, -0.15) is 0 Å². The molecule has 0 bridgehead atoms. The van der Waals surface area contributed by atoms with E-state index in [1.165, 1.54) is 5.56 Å². The van der Waals surface area contributed by atoms with Gasteiger partial charge in [-0.3, -0.25) is 4.98 Å². The van der Waals surface area contributed by atoms with Crippen LogP contribution < -0.4 is 5.32 Å². The molecule has 0 amide bonds. The van der Waals surface area contributed by atoms with Crippen molar-refractivity contribution >= 4 is 5.82 Å². The molecule has 0 aliphatic carbocycles. The Morgan fingerprint density at radius 2 is 1.68 bits per heavy atom. The number of rotatable bonds is 7. The zero-order valence-corrected chi connectivity index (χ0v) is 14.3. The molecule has 0 unspecified atom stereocenters. The fourth-order valence-corrected chi connectivity index (χ4v) is 2.55. The minimum Gasteiger partial charge on any atom is -0.392 e. The molecular weight excluding hydrogens is 312 g/mol. The van der Waals surface area contributed by atoms with E-state index in [0.29, 0.717) is 0 Å². The highest BCUT2D eigenvalue weighted by Gasteiger charge is 2.06. The lowest BCUT2D eigenvalue weighted by molar-refractivity contribution is 0.282. The van der Waals surface area contributed by atoms with Crippen LogP contribution >= 0.6 is 0 Å². The van der Waals surface area contributed by atoms with Crippen molar-refractivity contribution in [2.75, 3.05) is 11.9 Å². The normalized spacial score (nSPS) is 10.6. The topological polar surface area (TPSA) is 70.9 Å². The van der Waals surface area contributed by atoms with Crippen LogP contribution in [0.5, 0.6) is 0 Å². The molecule has 3 rings (SSSR count). The first-order valence-electron chi connectivity index (χ1n) is 8.49. The third-order valence-electron chi connectivity index (χ3n) is 4.01. The van der Waals surface area contributed by atoms with Crippen LogP contribution in [-0.2, 0) is 19.4 Å². The average Bonchev–Trinajstić information content (AvgIpc) is 2.69. The first-order chi connectivity index (χ1) is 12.3. The van der Waals surface area contributed by atoms with Crippen LogP contribution in [0, 0.1) is 0 Å². The van der Waals surface area contributed by atoms with E-state index in [4.69, 9.17) is 5.11 Å². The lowest BCUT2D eigenvalue weighted by Crippen LogP contribution is -2.08. The van der Waals surface area contributed by atoms with Gasteiger partial charge in [-0.1, -0.05) is 31.2 Å². The molecule has 0 aliphatic rings. The van der Waals surface area contributed by atoms with Gasteiger partial charge in [0.2, 0.25) is 0 Å². The van der Waals surface area contributed by atoms with E-state index in [0.717, 1.165) is 47.8 Å². The predicted octanol–water partition coefficient (Wildman–Crippen LogP) is 3.25. The summed E-state index contributed by atoms with van der Waals surface area (Å²) in [5, 5.41) is 12.5. The number of nitrogens with zero attached hydrogens (tertiary/aromatic N) is 3. The largest absolute Gasteiger partial charge is 0.392 e. The quantitative estimate of drug-likeness (QED) is 0.694. The van der Waals surface area contributed by atoms with Gasteiger partial charge in [-0.15, -0.1) is 0 Å². The van der Waals surface area contributed by atoms with Crippen molar-refractivity contribution in [3.63, 3.8) is 0 Å². The fraction of sp³-hybridized carbons (Fsp3) is 0.250. The molecule has 0 fully saturated rings. The van der Waals surface area contributed by atoms with Gasteiger partial charge in [0.05, 0.1) is 6.61 Å². The second kappa shape index (κ2) is 8.35. The van der Waals surface area contributed by atoms with Crippen molar-refractivity contribution in [2.45, 2.75) is 26.4 Å². The molecule has 0 aliphatic heterocycles. The Labute approximate surface area is 147 Å². The summed E-state index contributed by atoms with van der Waals surface area (Å²) < 4.78 is 0. The zero-order valence-electron chi connectivity index (χ0n) is 14.3. The zero-order chi connectivity index (χ0) is 17.5. The van der Waals surface area contributed by atoms with Gasteiger partial charge in [0.15, 0.2) is 5.82 Å². The summed E-state index contributed by atoms with van der Waals surface area (Å²) in [5.41, 5.74) is 4.13. The molecule has 0 saturated heterocycles. The van der Waals surface area contributed by atoms with Gasteiger partial charge < -0.3 is 10.4 Å². The van der Waals surface area contributed by atoms with Crippen molar-refractivity contribution in [3.05, 3.63) is 71.7 Å². The maximum Gasteiger partial charge on any atom is 0.161 e. The number of nitrogens with one attached hydrogen (secondary N) is 1. The fourth-order valence-electron chi connectivity index (χ4n) is 2.55. The average molecular weight is 334 g/mol. The molecule has 5 heteroatoms. The molecule has 0 spiro atoms. The minimum atomic E-state index is 0.0804. The summed E-state index contributed by atoms with van der Waals surface area (Å²) in [5.74, 6) is 1.56. The maximum atomic E-state index is 9.09. The summed E-state index contributed by atoms with van der Waals surface area (Å²) >= 11 is 0. The Morgan fingerprint density at radius 3 is 2.36 bits per heavy atom. The highest BCUT2D eigenvalue weighted by Crippen LogP contribution is 2.17. The standard InChI is InChI=1S/C20H22N4O/c1-2-18-13-19(24-20(23-18)17-8-10-21-11-9-17)22-12-7-15-3-5-16(14-25)6-4-15/h3-6,8-11,13,25H,2,7,12,14H2,1H3,(H,22,23,24). The van der Waals surface area contributed by atoms with E-state index >= 15 is 0 Å². The minimum absolute atomic E-state index is 0.0804. The van der Waals surface area contributed by atoms with Crippen LogP contribution in [0.3, 0.4) is 0 Å². The van der Waals surface area contributed by atoms with Gasteiger partial charge in [-0.25, -0.2) is 9.97 Å². The molecular formula is C20H22N4O. The Kier molecular flexibility index (Phi) is 5.69. The number of aliphatic hydroxyl groups is 1. The van der Waals surface area contributed by atoms with Gasteiger partial charge in [0.25, 0.3) is 0 Å². The highest BCUT2D eigenvalue weighted by atomic mass is 16.3. The number of hydrogen-bond donors (Lipinski definition) is 2. The number of pyridine rings is 1. The van der Waals surface area contributed by atoms with E-state index in [1.807, 2.05) is 42.5 Å². The summed E-state index contributed by atoms with van der Waals surface area (Å²) in [6.07, 6.45) is 5.25. The van der Waals surface area contributed by atoms with Crippen molar-refractivity contribution in [2.24, 2.45) is 0 Å². The Balaban J connectivity index is 1.69. The monoisotopic (exact) mass is 334 g/mol. The van der Waals surface area contributed by atoms with Crippen LogP contribution in [0.25, 0.3) is 11.4 Å². The third-order valence-corrected chi connectivity index (χ3v) is 4.01. The second-order valence-electron chi connectivity index (χ2n) is 5.81. The maximum absolute atomic E-state index is 9.09. The molecule has 1 aromatic carbocycles. The highest BCUT2D eigenvalue weighted by molar-refractivity contribution is 5.56. The van der Waals surface area contributed by atoms with Crippen LogP contribution in [0.2, 0.25) is 0 Å². The summed E-state index contributed by atoms with van der Waals surface area (Å²) in [6.45, 7) is 2.95. The smallest absolute Gasteiger partial charge is 0.161 e. The lowest BCUT2D eigenvalue weighted by atomic mass is 10.1. The van der Waals surface area contributed by atoms with Crippen LogP contribution in [-0.4, -0.2) is 26.6 Å². The van der Waals surface area contributed by atoms with E-state index in [-0.39, 0.29) is 6.61 Å². The Hall–Kier alpha value is -2.79. The number of aryl methyl sites for hydroxylation is 1. The summed E-state index contributed by atoms with van der Waals surface area (Å²) in [6, 6.07) is 13.8. The lowest BCUT2D eigenvalue weighted by Gasteiger charge is -2.10. The molecule has 2 heterocycles. The number of anilines is 1. The van der Waals surface area contributed by atoms with Gasteiger partial charge >= 0.3 is 0 Å². The summed E-state index contributed by atoms with van der Waals surface area (Å²) in [7, 11) is 0. The van der Waals surface area contributed by atoms with E-state index < -0.39 is 0 Å². The predicted molar refractivity (Wildman–Crippen MR) is 99.2 cm³/mol. The molecule has 0 saturated carbocycles. The molecule has 0 radical (unpaired) electrons. The molecule has 25 heavy (non-hydrogen) atoms. The molecule has 3 aromatic rings. The van der Waals surface area contributed by atoms with Gasteiger partial charge in [-0.05, 0) is 36.1 Å². The van der Waals surface area contributed by atoms with Crippen molar-refractivity contribution in [1.29, 1.82) is 0 Å². The van der Waals surface area contributed by atoms with Gasteiger partial charge in [0.1, 0.15) is 5.82 Å². The Morgan fingerprint density at radius 1 is 0.960 bits per heavy atom. The van der Waals surface area contributed by atoms with E-state index in [2.05, 4.69) is 27.2 Å². The van der Waals surface area contributed by atoms with Crippen LogP contribution in [0.15, 0.2) is 54.9 Å². The van der Waals surface area contributed by atoms with Gasteiger partial charge in [0, 0.05) is 36.3 Å². The van der Waals surface area contributed by atoms with Crippen molar-refractivity contribution in [1.82, 2.24) is 15.0 Å². The Bertz CT molecular complexity index is 804. The molecule has 2 N–H and O–H groups in total. The van der Waals surface area contributed by atoms with Crippen LogP contribution in [0.4, 0.5) is 5.82 Å². The summed E-state index contributed by atoms with van der Waals surface area (Å²) in [4.78, 5) is 13.3. The number of hydrogen-bond acceptors (Lipinski definition) is 5. The first kappa shape index (κ1) is 17.0. The molecule has 2 aromatic heterocycles. The SMILES string of the molecule is CCc1cc(NCCc2ccc(CO)cc2)nc(-c2ccncc2)n1. The van der Waals surface area contributed by atoms with Crippen LogP contribution in [0.1, 0.15) is 23.7 Å². The molecule has 0 atom stereocenters. The molecule has 5 nitrogen and oxygen atoms in total. The number of benzene rings is 1. The van der Waals surface area contributed by atoms with Crippen molar-refractivity contribution < 1.29 is 5.11 Å².